The van der Waals surface area contributed by atoms with E-state index in [1.807, 2.05) is 49.4 Å². The molecular formula is C19H20N2O2. The molecule has 1 fully saturated rings. The molecule has 0 aliphatic carbocycles. The highest BCUT2D eigenvalue weighted by Gasteiger charge is 2.39. The molecule has 4 heteroatoms. The van der Waals surface area contributed by atoms with E-state index in [0.717, 1.165) is 23.2 Å². The van der Waals surface area contributed by atoms with Gasteiger partial charge in [0.05, 0.1) is 12.1 Å². The molecule has 2 amide bonds. The number of rotatable bonds is 4. The van der Waals surface area contributed by atoms with Crippen molar-refractivity contribution in [3.8, 4) is 0 Å². The minimum atomic E-state index is -0.504. The van der Waals surface area contributed by atoms with E-state index in [2.05, 4.69) is 12.2 Å². The molecule has 0 bridgehead atoms. The van der Waals surface area contributed by atoms with E-state index >= 15 is 0 Å². The van der Waals surface area contributed by atoms with Gasteiger partial charge in [-0.3, -0.25) is 9.59 Å². The molecule has 0 radical (unpaired) electrons. The topological polar surface area (TPSA) is 49.4 Å². The Morgan fingerprint density at radius 3 is 2.65 bits per heavy atom. The van der Waals surface area contributed by atoms with E-state index in [-0.39, 0.29) is 18.2 Å². The maximum Gasteiger partial charge on any atom is 0.256 e. The smallest absolute Gasteiger partial charge is 0.256 e. The molecule has 1 atom stereocenters. The van der Waals surface area contributed by atoms with Crippen molar-refractivity contribution in [1.29, 1.82) is 0 Å². The summed E-state index contributed by atoms with van der Waals surface area (Å²) >= 11 is 0. The van der Waals surface area contributed by atoms with Gasteiger partial charge in [-0.25, -0.2) is 4.90 Å². The highest BCUT2D eigenvalue weighted by atomic mass is 16.2. The second-order valence-electron chi connectivity index (χ2n) is 5.82. The number of anilines is 2. The molecular weight excluding hydrogens is 288 g/mol. The number of amides is 2. The SMILES string of the molecule is CCc1ccccc1N[C@@H]1CC(=O)N(c2cccc(C)c2)C1=O. The molecule has 2 aromatic rings. The van der Waals surface area contributed by atoms with E-state index < -0.39 is 6.04 Å². The molecule has 1 aliphatic heterocycles. The molecule has 0 unspecified atom stereocenters. The molecule has 0 spiro atoms. The molecule has 23 heavy (non-hydrogen) atoms. The van der Waals surface area contributed by atoms with Crippen molar-refractivity contribution < 1.29 is 9.59 Å². The summed E-state index contributed by atoms with van der Waals surface area (Å²) in [7, 11) is 0. The van der Waals surface area contributed by atoms with Gasteiger partial charge in [0.2, 0.25) is 5.91 Å². The summed E-state index contributed by atoms with van der Waals surface area (Å²) in [6.45, 7) is 4.02. The number of hydrogen-bond acceptors (Lipinski definition) is 3. The number of nitrogens with zero attached hydrogens (tertiary/aromatic N) is 1. The Balaban J connectivity index is 1.84. The van der Waals surface area contributed by atoms with Crippen LogP contribution < -0.4 is 10.2 Å². The zero-order valence-corrected chi connectivity index (χ0v) is 13.4. The fourth-order valence-corrected chi connectivity index (χ4v) is 2.94. The zero-order valence-electron chi connectivity index (χ0n) is 13.4. The van der Waals surface area contributed by atoms with Crippen LogP contribution in [0.25, 0.3) is 0 Å². The average molecular weight is 308 g/mol. The number of hydrogen-bond donors (Lipinski definition) is 1. The van der Waals surface area contributed by atoms with Crippen molar-refractivity contribution in [2.45, 2.75) is 32.7 Å². The molecule has 4 nitrogen and oxygen atoms in total. The molecule has 2 aromatic carbocycles. The van der Waals surface area contributed by atoms with Gasteiger partial charge >= 0.3 is 0 Å². The first-order chi connectivity index (χ1) is 11.1. The van der Waals surface area contributed by atoms with Gasteiger partial charge in [-0.15, -0.1) is 0 Å². The molecule has 1 heterocycles. The minimum Gasteiger partial charge on any atom is -0.373 e. The van der Waals surface area contributed by atoms with Crippen LogP contribution in [0.2, 0.25) is 0 Å². The van der Waals surface area contributed by atoms with E-state index in [9.17, 15) is 9.59 Å². The van der Waals surface area contributed by atoms with E-state index in [0.29, 0.717) is 5.69 Å². The number of nitrogens with one attached hydrogen (secondary N) is 1. The van der Waals surface area contributed by atoms with Gasteiger partial charge in [0, 0.05) is 5.69 Å². The second kappa shape index (κ2) is 6.24. The highest BCUT2D eigenvalue weighted by Crippen LogP contribution is 2.26. The largest absolute Gasteiger partial charge is 0.373 e. The van der Waals surface area contributed by atoms with Crippen molar-refractivity contribution in [1.82, 2.24) is 0 Å². The molecule has 1 N–H and O–H groups in total. The zero-order chi connectivity index (χ0) is 16.4. The van der Waals surface area contributed by atoms with Crippen molar-refractivity contribution in [2.24, 2.45) is 0 Å². The normalized spacial score (nSPS) is 17.7. The summed E-state index contributed by atoms with van der Waals surface area (Å²) in [5.74, 6) is -0.349. The number of para-hydroxylation sites is 1. The Morgan fingerprint density at radius 2 is 1.91 bits per heavy atom. The summed E-state index contributed by atoms with van der Waals surface area (Å²) in [5, 5.41) is 3.24. The lowest BCUT2D eigenvalue weighted by Gasteiger charge is -2.17. The maximum atomic E-state index is 12.7. The van der Waals surface area contributed by atoms with Crippen LogP contribution in [0.15, 0.2) is 48.5 Å². The lowest BCUT2D eigenvalue weighted by atomic mass is 10.1. The van der Waals surface area contributed by atoms with Gasteiger partial charge in [0.15, 0.2) is 0 Å². The van der Waals surface area contributed by atoms with Crippen LogP contribution in [0.5, 0.6) is 0 Å². The van der Waals surface area contributed by atoms with Crippen LogP contribution in [0.1, 0.15) is 24.5 Å². The Kier molecular flexibility index (Phi) is 4.15. The third-order valence-corrected chi connectivity index (χ3v) is 4.13. The van der Waals surface area contributed by atoms with Crippen LogP contribution >= 0.6 is 0 Å². The molecule has 1 saturated heterocycles. The molecule has 118 valence electrons. The van der Waals surface area contributed by atoms with E-state index in [1.165, 1.54) is 4.90 Å². The summed E-state index contributed by atoms with van der Waals surface area (Å²) in [5.41, 5.74) is 3.73. The van der Waals surface area contributed by atoms with Crippen LogP contribution in [0.3, 0.4) is 0 Å². The van der Waals surface area contributed by atoms with Crippen LogP contribution in [-0.2, 0) is 16.0 Å². The lowest BCUT2D eigenvalue weighted by Crippen LogP contribution is -2.35. The lowest BCUT2D eigenvalue weighted by molar-refractivity contribution is -0.121. The molecule has 1 aliphatic rings. The summed E-state index contributed by atoms with van der Waals surface area (Å²) in [6, 6.07) is 14.8. The number of benzene rings is 2. The minimum absolute atomic E-state index is 0.160. The fourth-order valence-electron chi connectivity index (χ4n) is 2.94. The van der Waals surface area contributed by atoms with E-state index in [4.69, 9.17) is 0 Å². The monoisotopic (exact) mass is 308 g/mol. The number of carbonyl (C=O) groups excluding carboxylic acids is 2. The van der Waals surface area contributed by atoms with Crippen molar-refractivity contribution >= 4 is 23.2 Å². The Hall–Kier alpha value is -2.62. The molecule has 3 rings (SSSR count). The number of aryl methyl sites for hydroxylation is 2. The predicted molar refractivity (Wildman–Crippen MR) is 91.5 cm³/mol. The maximum absolute atomic E-state index is 12.7. The van der Waals surface area contributed by atoms with E-state index in [1.54, 1.807) is 6.07 Å². The Labute approximate surface area is 136 Å². The highest BCUT2D eigenvalue weighted by molar-refractivity contribution is 6.23. The van der Waals surface area contributed by atoms with Crippen molar-refractivity contribution in [3.63, 3.8) is 0 Å². The van der Waals surface area contributed by atoms with Gasteiger partial charge in [-0.05, 0) is 42.7 Å². The van der Waals surface area contributed by atoms with Gasteiger partial charge < -0.3 is 5.32 Å². The fraction of sp³-hybridized carbons (Fsp3) is 0.263. The van der Waals surface area contributed by atoms with Crippen LogP contribution in [-0.4, -0.2) is 17.9 Å². The summed E-state index contributed by atoms with van der Waals surface area (Å²) < 4.78 is 0. The summed E-state index contributed by atoms with van der Waals surface area (Å²) in [4.78, 5) is 26.3. The van der Waals surface area contributed by atoms with Crippen molar-refractivity contribution in [2.75, 3.05) is 10.2 Å². The third kappa shape index (κ3) is 2.97. The van der Waals surface area contributed by atoms with Crippen LogP contribution in [0.4, 0.5) is 11.4 Å². The first-order valence-corrected chi connectivity index (χ1v) is 7.88. The third-order valence-electron chi connectivity index (χ3n) is 4.13. The second-order valence-corrected chi connectivity index (χ2v) is 5.82. The average Bonchev–Trinajstić information content (AvgIpc) is 2.82. The Bertz CT molecular complexity index is 755. The van der Waals surface area contributed by atoms with Crippen LogP contribution in [0, 0.1) is 6.92 Å². The van der Waals surface area contributed by atoms with Gasteiger partial charge in [-0.1, -0.05) is 37.3 Å². The Morgan fingerprint density at radius 1 is 1.13 bits per heavy atom. The first-order valence-electron chi connectivity index (χ1n) is 7.88. The van der Waals surface area contributed by atoms with Gasteiger partial charge in [0.25, 0.3) is 5.91 Å². The van der Waals surface area contributed by atoms with Gasteiger partial charge in [0.1, 0.15) is 6.04 Å². The quantitative estimate of drug-likeness (QED) is 0.882. The van der Waals surface area contributed by atoms with Gasteiger partial charge in [-0.2, -0.15) is 0 Å². The summed E-state index contributed by atoms with van der Waals surface area (Å²) in [6.07, 6.45) is 1.06. The molecule has 0 aromatic heterocycles. The number of imide groups is 1. The predicted octanol–water partition coefficient (Wildman–Crippen LogP) is 3.30. The van der Waals surface area contributed by atoms with Crippen molar-refractivity contribution in [3.05, 3.63) is 59.7 Å². The molecule has 0 saturated carbocycles. The number of carbonyl (C=O) groups is 2. The standard InChI is InChI=1S/C19H20N2O2/c1-3-14-8-4-5-10-16(14)20-17-12-18(22)21(19(17)23)15-9-6-7-13(2)11-15/h4-11,17,20H,3,12H2,1-2H3/t17-/m1/s1. The first kappa shape index (κ1) is 15.3.